The Bertz CT molecular complexity index is 1010. The van der Waals surface area contributed by atoms with E-state index in [1.807, 2.05) is 34.5 Å². The smallest absolute Gasteiger partial charge is 0.257 e. The molecule has 1 amide bonds. The summed E-state index contributed by atoms with van der Waals surface area (Å²) in [4.78, 5) is 21.8. The van der Waals surface area contributed by atoms with Gasteiger partial charge in [-0.1, -0.05) is 18.2 Å². The van der Waals surface area contributed by atoms with Gasteiger partial charge in [0.25, 0.3) is 5.91 Å². The van der Waals surface area contributed by atoms with Crippen LogP contribution in [-0.4, -0.2) is 49.1 Å². The molecule has 142 valence electrons. The molecule has 0 radical (unpaired) electrons. The number of hydrogen-bond donors (Lipinski definition) is 0. The van der Waals surface area contributed by atoms with E-state index in [1.165, 1.54) is 11.3 Å². The molecule has 28 heavy (non-hydrogen) atoms. The number of aromatic nitrogens is 1. The maximum absolute atomic E-state index is 12.8. The minimum absolute atomic E-state index is 0.0607. The van der Waals surface area contributed by atoms with Crippen LogP contribution in [-0.2, 0) is 0 Å². The molecule has 1 aliphatic heterocycles. The Hall–Kier alpha value is -3.31. The van der Waals surface area contributed by atoms with Crippen molar-refractivity contribution >= 4 is 23.1 Å². The molecule has 0 spiro atoms. The van der Waals surface area contributed by atoms with E-state index in [4.69, 9.17) is 9.15 Å². The molecule has 1 saturated heterocycles. The summed E-state index contributed by atoms with van der Waals surface area (Å²) in [5.74, 6) is 1.43. The first-order valence-corrected chi connectivity index (χ1v) is 9.71. The predicted molar refractivity (Wildman–Crippen MR) is 106 cm³/mol. The third kappa shape index (κ3) is 3.32. The number of para-hydroxylation sites is 1. The largest absolute Gasteiger partial charge is 0.496 e. The lowest BCUT2D eigenvalue weighted by Crippen LogP contribution is -2.49. The molecule has 0 aliphatic carbocycles. The van der Waals surface area contributed by atoms with Gasteiger partial charge >= 0.3 is 0 Å². The molecule has 1 fully saturated rings. The molecule has 7 nitrogen and oxygen atoms in total. The molecule has 0 unspecified atom stereocenters. The highest BCUT2D eigenvalue weighted by Gasteiger charge is 2.28. The van der Waals surface area contributed by atoms with Crippen LogP contribution in [0.5, 0.6) is 5.75 Å². The fraction of sp³-hybridized carbons (Fsp3) is 0.250. The molecule has 1 aromatic carbocycles. The molecule has 3 aromatic rings. The normalized spacial score (nSPS) is 14.0. The average Bonchev–Trinajstić information content (AvgIpc) is 3.43. The van der Waals surface area contributed by atoms with Gasteiger partial charge in [-0.25, -0.2) is 0 Å². The summed E-state index contributed by atoms with van der Waals surface area (Å²) < 4.78 is 11.2. The number of methoxy groups -OCH3 is 1. The van der Waals surface area contributed by atoms with Gasteiger partial charge in [0.2, 0.25) is 17.5 Å². The molecular weight excluding hydrogens is 376 g/mol. The van der Waals surface area contributed by atoms with Crippen LogP contribution < -0.4 is 9.64 Å². The van der Waals surface area contributed by atoms with Crippen LogP contribution in [0.25, 0.3) is 10.8 Å². The first-order chi connectivity index (χ1) is 13.7. The van der Waals surface area contributed by atoms with Gasteiger partial charge in [-0.2, -0.15) is 10.2 Å². The molecular formula is C20H18N4O3S. The summed E-state index contributed by atoms with van der Waals surface area (Å²) >= 11 is 1.51. The molecule has 0 atom stereocenters. The zero-order chi connectivity index (χ0) is 19.5. The van der Waals surface area contributed by atoms with Crippen molar-refractivity contribution in [2.75, 3.05) is 38.2 Å². The van der Waals surface area contributed by atoms with Gasteiger partial charge in [0, 0.05) is 26.2 Å². The van der Waals surface area contributed by atoms with Gasteiger partial charge in [0.1, 0.15) is 11.8 Å². The van der Waals surface area contributed by atoms with Crippen molar-refractivity contribution in [3.05, 3.63) is 53.0 Å². The van der Waals surface area contributed by atoms with Crippen molar-refractivity contribution in [3.63, 3.8) is 0 Å². The Morgan fingerprint density at radius 1 is 1.21 bits per heavy atom. The molecule has 1 aliphatic rings. The third-order valence-corrected chi connectivity index (χ3v) is 5.50. The number of carbonyl (C=O) groups is 1. The third-order valence-electron chi connectivity index (χ3n) is 4.64. The number of amides is 1. The van der Waals surface area contributed by atoms with Crippen molar-refractivity contribution in [1.82, 2.24) is 9.88 Å². The van der Waals surface area contributed by atoms with Gasteiger partial charge in [0.15, 0.2) is 0 Å². The number of carbonyl (C=O) groups excluding carboxylic acids is 1. The molecule has 4 rings (SSSR count). The van der Waals surface area contributed by atoms with Crippen LogP contribution >= 0.6 is 11.3 Å². The molecule has 0 bridgehead atoms. The van der Waals surface area contributed by atoms with E-state index >= 15 is 0 Å². The van der Waals surface area contributed by atoms with Crippen molar-refractivity contribution in [2.45, 2.75) is 0 Å². The van der Waals surface area contributed by atoms with E-state index in [1.54, 1.807) is 24.1 Å². The Balaban J connectivity index is 1.49. The fourth-order valence-corrected chi connectivity index (χ4v) is 3.86. The molecule has 8 heteroatoms. The van der Waals surface area contributed by atoms with Crippen LogP contribution in [0.15, 0.2) is 46.2 Å². The number of benzene rings is 1. The second kappa shape index (κ2) is 7.74. The lowest BCUT2D eigenvalue weighted by Gasteiger charge is -2.34. The van der Waals surface area contributed by atoms with Crippen molar-refractivity contribution < 1.29 is 13.9 Å². The number of nitriles is 1. The Morgan fingerprint density at radius 2 is 2.00 bits per heavy atom. The average molecular weight is 394 g/mol. The number of oxazole rings is 1. The van der Waals surface area contributed by atoms with Crippen LogP contribution in [0.1, 0.15) is 16.1 Å². The van der Waals surface area contributed by atoms with E-state index in [2.05, 4.69) is 11.1 Å². The summed E-state index contributed by atoms with van der Waals surface area (Å²) in [7, 11) is 1.56. The minimum atomic E-state index is -0.0607. The maximum atomic E-state index is 12.8. The van der Waals surface area contributed by atoms with Gasteiger partial charge in [0.05, 0.1) is 17.6 Å². The minimum Gasteiger partial charge on any atom is -0.496 e. The number of rotatable bonds is 4. The highest BCUT2D eigenvalue weighted by atomic mass is 32.1. The number of thiophene rings is 1. The fourth-order valence-electron chi connectivity index (χ4n) is 3.21. The summed E-state index contributed by atoms with van der Waals surface area (Å²) in [5.41, 5.74) is 0.823. The highest BCUT2D eigenvalue weighted by Crippen LogP contribution is 2.31. The number of piperazine rings is 1. The number of anilines is 1. The Morgan fingerprint density at radius 3 is 2.68 bits per heavy atom. The molecule has 0 N–H and O–H groups in total. The first kappa shape index (κ1) is 18.1. The van der Waals surface area contributed by atoms with Crippen molar-refractivity contribution in [1.29, 1.82) is 5.26 Å². The van der Waals surface area contributed by atoms with E-state index in [0.717, 1.165) is 4.88 Å². The number of hydrogen-bond acceptors (Lipinski definition) is 7. The zero-order valence-corrected chi connectivity index (χ0v) is 16.1. The molecule has 0 saturated carbocycles. The quantitative estimate of drug-likeness (QED) is 0.676. The second-order valence-corrected chi connectivity index (χ2v) is 7.19. The highest BCUT2D eigenvalue weighted by molar-refractivity contribution is 7.13. The lowest BCUT2D eigenvalue weighted by molar-refractivity contribution is 0.0742. The van der Waals surface area contributed by atoms with Crippen LogP contribution in [0, 0.1) is 11.3 Å². The summed E-state index contributed by atoms with van der Waals surface area (Å²) in [6.07, 6.45) is 0. The van der Waals surface area contributed by atoms with Crippen LogP contribution in [0.4, 0.5) is 5.88 Å². The number of ether oxygens (including phenoxy) is 1. The standard InChI is InChI=1S/C20H18N4O3S/c1-26-16-6-3-2-5-14(16)19(25)23-8-10-24(11-9-23)20-15(13-21)22-18(27-20)17-7-4-12-28-17/h2-7,12H,8-11H2,1H3. The van der Waals surface area contributed by atoms with Gasteiger partial charge < -0.3 is 19.0 Å². The zero-order valence-electron chi connectivity index (χ0n) is 15.3. The molecule has 3 heterocycles. The second-order valence-electron chi connectivity index (χ2n) is 6.24. The first-order valence-electron chi connectivity index (χ1n) is 8.83. The maximum Gasteiger partial charge on any atom is 0.257 e. The van der Waals surface area contributed by atoms with E-state index in [-0.39, 0.29) is 11.6 Å². The van der Waals surface area contributed by atoms with Crippen LogP contribution in [0.2, 0.25) is 0 Å². The predicted octanol–water partition coefficient (Wildman–Crippen LogP) is 3.25. The van der Waals surface area contributed by atoms with Crippen molar-refractivity contribution in [2.24, 2.45) is 0 Å². The van der Waals surface area contributed by atoms with Gasteiger partial charge in [-0.05, 0) is 23.6 Å². The topological polar surface area (TPSA) is 82.6 Å². The van der Waals surface area contributed by atoms with Crippen LogP contribution in [0.3, 0.4) is 0 Å². The SMILES string of the molecule is COc1ccccc1C(=O)N1CCN(c2oc(-c3cccs3)nc2C#N)CC1. The molecule has 2 aromatic heterocycles. The van der Waals surface area contributed by atoms with E-state index in [9.17, 15) is 10.1 Å². The summed E-state index contributed by atoms with van der Waals surface area (Å²) in [6, 6.07) is 13.1. The van der Waals surface area contributed by atoms with E-state index in [0.29, 0.717) is 49.3 Å². The Labute approximate surface area is 166 Å². The van der Waals surface area contributed by atoms with Crippen molar-refractivity contribution in [3.8, 4) is 22.6 Å². The van der Waals surface area contributed by atoms with E-state index < -0.39 is 0 Å². The monoisotopic (exact) mass is 394 g/mol. The van der Waals surface area contributed by atoms with Gasteiger partial charge in [-0.3, -0.25) is 4.79 Å². The summed E-state index contributed by atoms with van der Waals surface area (Å²) in [6.45, 7) is 2.18. The number of nitrogens with zero attached hydrogens (tertiary/aromatic N) is 4. The Kier molecular flexibility index (Phi) is 5.00. The lowest BCUT2D eigenvalue weighted by atomic mass is 10.1. The summed E-state index contributed by atoms with van der Waals surface area (Å²) in [5, 5.41) is 11.4. The van der Waals surface area contributed by atoms with Gasteiger partial charge in [-0.15, -0.1) is 11.3 Å².